The van der Waals surface area contributed by atoms with Crippen molar-refractivity contribution in [1.29, 1.82) is 0 Å². The van der Waals surface area contributed by atoms with Gasteiger partial charge >= 0.3 is 0 Å². The minimum atomic E-state index is -0.257. The monoisotopic (exact) mass is 409 g/mol. The Labute approximate surface area is 181 Å². The number of nitrogens with zero attached hydrogens (tertiary/aromatic N) is 2. The maximum Gasteiger partial charge on any atom is 0.271 e. The fourth-order valence-electron chi connectivity index (χ4n) is 3.19. The Morgan fingerprint density at radius 3 is 2.42 bits per heavy atom. The summed E-state index contributed by atoms with van der Waals surface area (Å²) in [7, 11) is 1.92. The van der Waals surface area contributed by atoms with Crippen molar-refractivity contribution in [3.8, 4) is 16.9 Å². The molecular formula is C26H23N3O2. The normalized spacial score (nSPS) is 10.9. The molecule has 0 aliphatic rings. The van der Waals surface area contributed by atoms with Crippen LogP contribution in [0.5, 0.6) is 5.75 Å². The van der Waals surface area contributed by atoms with Gasteiger partial charge in [-0.15, -0.1) is 0 Å². The lowest BCUT2D eigenvalue weighted by atomic mass is 10.0. The molecule has 0 radical (unpaired) electrons. The second-order valence-electron chi connectivity index (χ2n) is 7.09. The second-order valence-corrected chi connectivity index (χ2v) is 7.09. The quantitative estimate of drug-likeness (QED) is 0.344. The minimum absolute atomic E-state index is 0.257. The van der Waals surface area contributed by atoms with Crippen LogP contribution in [0.15, 0.2) is 102 Å². The zero-order valence-electron chi connectivity index (χ0n) is 17.2. The number of aryl methyl sites for hydroxylation is 1. The summed E-state index contributed by atoms with van der Waals surface area (Å²) in [5.74, 6) is 0.567. The zero-order chi connectivity index (χ0) is 21.5. The van der Waals surface area contributed by atoms with Crippen LogP contribution in [-0.2, 0) is 13.7 Å². The van der Waals surface area contributed by atoms with E-state index in [0.717, 1.165) is 28.1 Å². The molecule has 4 aromatic rings. The molecule has 154 valence electrons. The number of rotatable bonds is 7. The maximum absolute atomic E-state index is 12.3. The molecule has 1 aromatic heterocycles. The van der Waals surface area contributed by atoms with E-state index in [1.54, 1.807) is 18.3 Å². The molecule has 0 spiro atoms. The van der Waals surface area contributed by atoms with Crippen molar-refractivity contribution >= 4 is 12.1 Å². The molecule has 4 rings (SSSR count). The number of nitrogens with one attached hydrogen (secondary N) is 1. The Balaban J connectivity index is 1.37. The molecule has 0 atom stereocenters. The predicted octanol–water partition coefficient (Wildman–Crippen LogP) is 5.04. The Hall–Kier alpha value is -4.12. The van der Waals surface area contributed by atoms with Gasteiger partial charge in [-0.05, 0) is 41.5 Å². The summed E-state index contributed by atoms with van der Waals surface area (Å²) in [5.41, 5.74) is 7.14. The van der Waals surface area contributed by atoms with Crippen molar-refractivity contribution in [2.75, 3.05) is 0 Å². The third kappa shape index (κ3) is 5.08. The van der Waals surface area contributed by atoms with E-state index < -0.39 is 0 Å². The Bertz CT molecular complexity index is 1180. The number of hydrazone groups is 1. The van der Waals surface area contributed by atoms with Gasteiger partial charge in [0.05, 0.1) is 11.9 Å². The van der Waals surface area contributed by atoms with Crippen LogP contribution in [0, 0.1) is 0 Å². The van der Waals surface area contributed by atoms with Gasteiger partial charge in [0.25, 0.3) is 5.91 Å². The number of benzene rings is 3. The van der Waals surface area contributed by atoms with Gasteiger partial charge in [0.2, 0.25) is 0 Å². The van der Waals surface area contributed by atoms with E-state index in [1.807, 2.05) is 84.5 Å². The summed E-state index contributed by atoms with van der Waals surface area (Å²) in [6.07, 6.45) is 3.53. The topological polar surface area (TPSA) is 55.6 Å². The number of hydrogen-bond donors (Lipinski definition) is 1. The van der Waals surface area contributed by atoms with Crippen molar-refractivity contribution in [1.82, 2.24) is 9.99 Å². The molecule has 5 nitrogen and oxygen atoms in total. The van der Waals surface area contributed by atoms with Gasteiger partial charge in [-0.25, -0.2) is 5.43 Å². The molecule has 1 N–H and O–H groups in total. The van der Waals surface area contributed by atoms with E-state index in [0.29, 0.717) is 12.2 Å². The Kier molecular flexibility index (Phi) is 6.24. The van der Waals surface area contributed by atoms with Gasteiger partial charge in [0.1, 0.15) is 12.4 Å². The van der Waals surface area contributed by atoms with E-state index >= 15 is 0 Å². The zero-order valence-corrected chi connectivity index (χ0v) is 17.2. The number of carbonyl (C=O) groups is 1. The average Bonchev–Trinajstić information content (AvgIpc) is 3.23. The average molecular weight is 409 g/mol. The number of para-hydroxylation sites is 1. The van der Waals surface area contributed by atoms with E-state index in [2.05, 4.69) is 22.7 Å². The second kappa shape index (κ2) is 9.59. The fraction of sp³-hybridized carbons (Fsp3) is 0.0769. The number of carbonyl (C=O) groups excluding carboxylic acids is 1. The first kappa shape index (κ1) is 20.2. The van der Waals surface area contributed by atoms with Gasteiger partial charge in [0.15, 0.2) is 0 Å². The molecule has 1 heterocycles. The van der Waals surface area contributed by atoms with Crippen molar-refractivity contribution < 1.29 is 9.53 Å². The highest BCUT2D eigenvalue weighted by Gasteiger charge is 2.07. The summed E-state index contributed by atoms with van der Waals surface area (Å²) < 4.78 is 7.99. The van der Waals surface area contributed by atoms with Crippen LogP contribution in [-0.4, -0.2) is 16.7 Å². The summed E-state index contributed by atoms with van der Waals surface area (Å²) in [4.78, 5) is 12.3. The molecule has 31 heavy (non-hydrogen) atoms. The van der Waals surface area contributed by atoms with Gasteiger partial charge in [-0.1, -0.05) is 60.7 Å². The van der Waals surface area contributed by atoms with Crippen molar-refractivity contribution in [3.05, 3.63) is 114 Å². The molecule has 1 amide bonds. The van der Waals surface area contributed by atoms with Crippen molar-refractivity contribution in [2.45, 2.75) is 6.61 Å². The van der Waals surface area contributed by atoms with Crippen molar-refractivity contribution in [2.24, 2.45) is 12.1 Å². The molecule has 0 bridgehead atoms. The van der Waals surface area contributed by atoms with Gasteiger partial charge in [-0.3, -0.25) is 4.79 Å². The van der Waals surface area contributed by atoms with Crippen LogP contribution in [0.1, 0.15) is 21.6 Å². The molecule has 0 aliphatic carbocycles. The molecule has 0 saturated heterocycles. The first-order chi connectivity index (χ1) is 15.2. The Morgan fingerprint density at radius 2 is 1.68 bits per heavy atom. The molecule has 5 heteroatoms. The summed E-state index contributed by atoms with van der Waals surface area (Å²) in [6, 6.07) is 29.3. The molecular weight excluding hydrogens is 386 g/mol. The highest BCUT2D eigenvalue weighted by molar-refractivity contribution is 5.94. The van der Waals surface area contributed by atoms with E-state index in [9.17, 15) is 4.79 Å². The lowest BCUT2D eigenvalue weighted by Gasteiger charge is -2.12. The molecule has 0 aliphatic heterocycles. The highest BCUT2D eigenvalue weighted by Crippen LogP contribution is 2.30. The largest absolute Gasteiger partial charge is 0.488 e. The van der Waals surface area contributed by atoms with Crippen LogP contribution >= 0.6 is 0 Å². The summed E-state index contributed by atoms with van der Waals surface area (Å²) >= 11 is 0. The third-order valence-electron chi connectivity index (χ3n) is 4.93. The van der Waals surface area contributed by atoms with Gasteiger partial charge in [-0.2, -0.15) is 5.10 Å². The number of aromatic nitrogens is 1. The standard InChI is InChI=1S/C26H23N3O2/c1-29-17-7-10-23(29)18-27-28-26(30)22-15-13-20(14-16-22)19-31-25-12-6-5-11-24(25)21-8-3-2-4-9-21/h2-18H,19H2,1H3,(H,28,30)/b27-18+. The number of hydrogen-bond acceptors (Lipinski definition) is 3. The van der Waals surface area contributed by atoms with E-state index in [1.165, 1.54) is 0 Å². The molecule has 3 aromatic carbocycles. The first-order valence-corrected chi connectivity index (χ1v) is 10.0. The summed E-state index contributed by atoms with van der Waals surface area (Å²) in [5, 5.41) is 4.02. The smallest absolute Gasteiger partial charge is 0.271 e. The van der Waals surface area contributed by atoms with E-state index in [-0.39, 0.29) is 5.91 Å². The predicted molar refractivity (Wildman–Crippen MR) is 123 cm³/mol. The fourth-order valence-corrected chi connectivity index (χ4v) is 3.19. The Morgan fingerprint density at radius 1 is 0.935 bits per heavy atom. The first-order valence-electron chi connectivity index (χ1n) is 10.0. The SMILES string of the molecule is Cn1cccc1/C=N/NC(=O)c1ccc(COc2ccccc2-c2ccccc2)cc1. The minimum Gasteiger partial charge on any atom is -0.488 e. The maximum atomic E-state index is 12.3. The molecule has 0 fully saturated rings. The third-order valence-corrected chi connectivity index (χ3v) is 4.93. The lowest BCUT2D eigenvalue weighted by Crippen LogP contribution is -2.17. The number of amides is 1. The van der Waals surface area contributed by atoms with Crippen LogP contribution in [0.25, 0.3) is 11.1 Å². The summed E-state index contributed by atoms with van der Waals surface area (Å²) in [6.45, 7) is 0.414. The molecule has 0 unspecified atom stereocenters. The van der Waals surface area contributed by atoms with Gasteiger partial charge in [0, 0.05) is 24.4 Å². The van der Waals surface area contributed by atoms with Crippen molar-refractivity contribution in [3.63, 3.8) is 0 Å². The van der Waals surface area contributed by atoms with Crippen LogP contribution in [0.4, 0.5) is 0 Å². The van der Waals surface area contributed by atoms with Crippen LogP contribution < -0.4 is 10.2 Å². The van der Waals surface area contributed by atoms with E-state index in [4.69, 9.17) is 4.74 Å². The lowest BCUT2D eigenvalue weighted by molar-refractivity contribution is 0.0955. The van der Waals surface area contributed by atoms with Gasteiger partial charge < -0.3 is 9.30 Å². The molecule has 0 saturated carbocycles. The highest BCUT2D eigenvalue weighted by atomic mass is 16.5. The van der Waals surface area contributed by atoms with Crippen LogP contribution in [0.2, 0.25) is 0 Å². The number of ether oxygens (including phenoxy) is 1. The van der Waals surface area contributed by atoms with Crippen LogP contribution in [0.3, 0.4) is 0 Å².